The molecule has 0 aromatic heterocycles. The molecule has 0 saturated carbocycles. The number of aliphatic imine (C=N–C) groups is 1. The third-order valence-electron chi connectivity index (χ3n) is 5.00. The zero-order valence-corrected chi connectivity index (χ0v) is 19.4. The Balaban J connectivity index is 1.76. The SMILES string of the molecule is CCCCCCCCCCOc1ccc(N=Nc2ccc(O)c(C=NCC(C)O)c2)cc1. The highest BCUT2D eigenvalue weighted by molar-refractivity contribution is 5.84. The van der Waals surface area contributed by atoms with Crippen molar-refractivity contribution in [3.63, 3.8) is 0 Å². The largest absolute Gasteiger partial charge is 0.507 e. The Morgan fingerprint density at radius 2 is 1.50 bits per heavy atom. The van der Waals surface area contributed by atoms with Crippen molar-refractivity contribution in [3.05, 3.63) is 48.0 Å². The normalized spacial score (nSPS) is 12.6. The highest BCUT2D eigenvalue weighted by Crippen LogP contribution is 2.25. The third kappa shape index (κ3) is 10.5. The van der Waals surface area contributed by atoms with Crippen LogP contribution in [-0.2, 0) is 0 Å². The Hall–Kier alpha value is -2.73. The van der Waals surface area contributed by atoms with Crippen LogP contribution in [0, 0.1) is 0 Å². The van der Waals surface area contributed by atoms with Crippen LogP contribution < -0.4 is 4.74 Å². The minimum Gasteiger partial charge on any atom is -0.507 e. The van der Waals surface area contributed by atoms with Crippen LogP contribution in [0.1, 0.15) is 70.8 Å². The van der Waals surface area contributed by atoms with Crippen LogP contribution in [0.5, 0.6) is 11.5 Å². The Morgan fingerprint density at radius 1 is 0.875 bits per heavy atom. The second-order valence-corrected chi connectivity index (χ2v) is 8.10. The fourth-order valence-corrected chi connectivity index (χ4v) is 3.16. The van der Waals surface area contributed by atoms with Crippen molar-refractivity contribution in [2.75, 3.05) is 13.2 Å². The molecule has 0 radical (unpaired) electrons. The zero-order valence-electron chi connectivity index (χ0n) is 19.4. The van der Waals surface area contributed by atoms with Gasteiger partial charge in [-0.15, -0.1) is 0 Å². The van der Waals surface area contributed by atoms with Crippen molar-refractivity contribution in [1.82, 2.24) is 0 Å². The van der Waals surface area contributed by atoms with Crippen LogP contribution in [-0.4, -0.2) is 35.7 Å². The van der Waals surface area contributed by atoms with E-state index in [9.17, 15) is 10.2 Å². The Labute approximate surface area is 192 Å². The molecule has 0 bridgehead atoms. The smallest absolute Gasteiger partial charge is 0.124 e. The lowest BCUT2D eigenvalue weighted by Gasteiger charge is -2.06. The number of phenols is 1. The van der Waals surface area contributed by atoms with Gasteiger partial charge in [0.25, 0.3) is 0 Å². The van der Waals surface area contributed by atoms with Crippen molar-refractivity contribution in [3.8, 4) is 11.5 Å². The Kier molecular flexibility index (Phi) is 12.1. The molecule has 6 nitrogen and oxygen atoms in total. The third-order valence-corrected chi connectivity index (χ3v) is 5.00. The van der Waals surface area contributed by atoms with Crippen molar-refractivity contribution in [1.29, 1.82) is 0 Å². The molecule has 6 heteroatoms. The summed E-state index contributed by atoms with van der Waals surface area (Å²) in [4.78, 5) is 4.11. The summed E-state index contributed by atoms with van der Waals surface area (Å²) in [5, 5.41) is 27.7. The molecule has 0 saturated heterocycles. The first kappa shape index (κ1) is 25.5. The molecule has 2 N–H and O–H groups in total. The van der Waals surface area contributed by atoms with Gasteiger partial charge in [-0.25, -0.2) is 0 Å². The van der Waals surface area contributed by atoms with Gasteiger partial charge in [-0.05, 0) is 55.8 Å². The maximum atomic E-state index is 9.94. The molecule has 0 aliphatic rings. The number of benzene rings is 2. The maximum Gasteiger partial charge on any atom is 0.124 e. The predicted octanol–water partition coefficient (Wildman–Crippen LogP) is 7.13. The average molecular weight is 440 g/mol. The Morgan fingerprint density at radius 3 is 2.19 bits per heavy atom. The summed E-state index contributed by atoms with van der Waals surface area (Å²) in [6, 6.07) is 12.5. The summed E-state index contributed by atoms with van der Waals surface area (Å²) in [5.74, 6) is 0.949. The van der Waals surface area contributed by atoms with Gasteiger partial charge in [0.15, 0.2) is 0 Å². The molecule has 0 fully saturated rings. The van der Waals surface area contributed by atoms with Crippen LogP contribution in [0.15, 0.2) is 57.7 Å². The van der Waals surface area contributed by atoms with Gasteiger partial charge < -0.3 is 14.9 Å². The number of aromatic hydroxyl groups is 1. The van der Waals surface area contributed by atoms with Gasteiger partial charge in [0.05, 0.1) is 30.6 Å². The highest BCUT2D eigenvalue weighted by atomic mass is 16.5. The van der Waals surface area contributed by atoms with Crippen LogP contribution in [0.25, 0.3) is 0 Å². The van der Waals surface area contributed by atoms with E-state index in [1.165, 1.54) is 51.2 Å². The molecule has 1 atom stereocenters. The summed E-state index contributed by atoms with van der Waals surface area (Å²) in [5.41, 5.74) is 1.87. The fraction of sp³-hybridized carbons (Fsp3) is 0.500. The second kappa shape index (κ2) is 15.1. The molecule has 0 aliphatic heterocycles. The summed E-state index contributed by atoms with van der Waals surface area (Å²) in [6.07, 6.45) is 11.3. The standard InChI is InChI=1S/C26H37N3O3/c1-3-4-5-6-7-8-9-10-17-32-25-14-11-23(12-15-25)28-29-24-13-16-26(31)22(18-24)20-27-19-21(2)30/h11-16,18,20-21,30-31H,3-10,17,19H2,1-2H3. The summed E-state index contributed by atoms with van der Waals surface area (Å²) < 4.78 is 5.82. The fourth-order valence-electron chi connectivity index (χ4n) is 3.16. The van der Waals surface area contributed by atoms with Gasteiger partial charge >= 0.3 is 0 Å². The molecule has 2 aromatic carbocycles. The van der Waals surface area contributed by atoms with E-state index in [1.54, 1.807) is 25.1 Å². The van der Waals surface area contributed by atoms with Gasteiger partial charge in [-0.3, -0.25) is 4.99 Å². The molecule has 0 spiro atoms. The van der Waals surface area contributed by atoms with E-state index in [1.807, 2.05) is 24.3 Å². The number of nitrogens with zero attached hydrogens (tertiary/aromatic N) is 3. The first-order chi connectivity index (χ1) is 15.6. The van der Waals surface area contributed by atoms with E-state index in [4.69, 9.17) is 4.74 Å². The van der Waals surface area contributed by atoms with Crippen LogP contribution in [0.2, 0.25) is 0 Å². The number of aliphatic hydroxyl groups excluding tert-OH is 1. The topological polar surface area (TPSA) is 86.8 Å². The summed E-state index contributed by atoms with van der Waals surface area (Å²) in [7, 11) is 0. The minimum atomic E-state index is -0.525. The van der Waals surface area contributed by atoms with E-state index in [-0.39, 0.29) is 12.3 Å². The summed E-state index contributed by atoms with van der Waals surface area (Å²) in [6.45, 7) is 4.92. The van der Waals surface area contributed by atoms with E-state index >= 15 is 0 Å². The molecule has 2 aromatic rings. The maximum absolute atomic E-state index is 9.94. The lowest BCUT2D eigenvalue weighted by atomic mass is 10.1. The number of aliphatic hydroxyl groups is 1. The molecule has 0 aliphatic carbocycles. The molecule has 0 heterocycles. The van der Waals surface area contributed by atoms with Gasteiger partial charge in [0.1, 0.15) is 11.5 Å². The van der Waals surface area contributed by atoms with E-state index in [2.05, 4.69) is 22.1 Å². The molecule has 32 heavy (non-hydrogen) atoms. The van der Waals surface area contributed by atoms with E-state index < -0.39 is 6.10 Å². The number of hydrogen-bond donors (Lipinski definition) is 2. The van der Waals surface area contributed by atoms with Crippen molar-refractivity contribution >= 4 is 17.6 Å². The first-order valence-electron chi connectivity index (χ1n) is 11.7. The average Bonchev–Trinajstić information content (AvgIpc) is 2.79. The molecular weight excluding hydrogens is 402 g/mol. The number of hydrogen-bond acceptors (Lipinski definition) is 6. The number of phenolic OH excluding ortho intramolecular Hbond substituents is 1. The predicted molar refractivity (Wildman–Crippen MR) is 131 cm³/mol. The minimum absolute atomic E-state index is 0.108. The van der Waals surface area contributed by atoms with Crippen LogP contribution in [0.3, 0.4) is 0 Å². The zero-order chi connectivity index (χ0) is 23.0. The number of unbranched alkanes of at least 4 members (excludes halogenated alkanes) is 7. The molecule has 2 rings (SSSR count). The number of ether oxygens (including phenoxy) is 1. The van der Waals surface area contributed by atoms with Crippen molar-refractivity contribution in [2.45, 2.75) is 71.3 Å². The molecular formula is C26H37N3O3. The van der Waals surface area contributed by atoms with Crippen LogP contribution in [0.4, 0.5) is 11.4 Å². The van der Waals surface area contributed by atoms with Crippen LogP contribution >= 0.6 is 0 Å². The second-order valence-electron chi connectivity index (χ2n) is 8.10. The quantitative estimate of drug-likeness (QED) is 0.176. The Bertz CT molecular complexity index is 833. The highest BCUT2D eigenvalue weighted by Gasteiger charge is 2.01. The monoisotopic (exact) mass is 439 g/mol. The molecule has 1 unspecified atom stereocenters. The van der Waals surface area contributed by atoms with Crippen molar-refractivity contribution in [2.24, 2.45) is 15.2 Å². The van der Waals surface area contributed by atoms with Gasteiger partial charge in [-0.1, -0.05) is 51.9 Å². The number of rotatable bonds is 15. The number of azo groups is 1. The van der Waals surface area contributed by atoms with Gasteiger partial charge in [0.2, 0.25) is 0 Å². The first-order valence-corrected chi connectivity index (χ1v) is 11.7. The molecule has 0 amide bonds. The van der Waals surface area contributed by atoms with Crippen molar-refractivity contribution < 1.29 is 14.9 Å². The van der Waals surface area contributed by atoms with Gasteiger partial charge in [0, 0.05) is 11.8 Å². The van der Waals surface area contributed by atoms with E-state index in [0.717, 1.165) is 24.5 Å². The molecule has 174 valence electrons. The van der Waals surface area contributed by atoms with Gasteiger partial charge in [-0.2, -0.15) is 10.2 Å². The lowest BCUT2D eigenvalue weighted by Crippen LogP contribution is -2.03. The summed E-state index contributed by atoms with van der Waals surface area (Å²) >= 11 is 0. The lowest BCUT2D eigenvalue weighted by molar-refractivity contribution is 0.204. The van der Waals surface area contributed by atoms with E-state index in [0.29, 0.717) is 11.3 Å².